The summed E-state index contributed by atoms with van der Waals surface area (Å²) in [5.74, 6) is -0.0735. The molecule has 2 aromatic heterocycles. The molecule has 0 aliphatic heterocycles. The van der Waals surface area contributed by atoms with Crippen LogP contribution in [0.1, 0.15) is 16.2 Å². The van der Waals surface area contributed by atoms with Gasteiger partial charge in [0.05, 0.1) is 17.6 Å². The molecule has 1 amide bonds. The number of carbonyl (C=O) groups is 1. The van der Waals surface area contributed by atoms with Crippen molar-refractivity contribution in [3.05, 3.63) is 54.0 Å². The van der Waals surface area contributed by atoms with Gasteiger partial charge in [-0.15, -0.1) is 0 Å². The Labute approximate surface area is 149 Å². The van der Waals surface area contributed by atoms with E-state index in [0.29, 0.717) is 22.8 Å². The van der Waals surface area contributed by atoms with Crippen molar-refractivity contribution in [2.75, 3.05) is 17.3 Å². The number of anilines is 2. The van der Waals surface area contributed by atoms with Crippen LogP contribution in [0.2, 0.25) is 0 Å². The standard InChI is InChI=1S/C16H15N5O4S/c1-26(23,24)9-12-8-14(17)21-15(19-12)10-2-4-11(5-3-10)20-16(22)13-6-7-18-25-13/h2-8H,9H2,1H3,(H,20,22)(H2,17,19,21). The van der Waals surface area contributed by atoms with Gasteiger partial charge in [0.15, 0.2) is 15.7 Å². The maximum Gasteiger partial charge on any atom is 0.294 e. The van der Waals surface area contributed by atoms with Crippen LogP contribution in [-0.4, -0.2) is 35.7 Å². The molecule has 0 spiro atoms. The van der Waals surface area contributed by atoms with E-state index in [4.69, 9.17) is 10.3 Å². The number of aromatic nitrogens is 3. The fraction of sp³-hybridized carbons (Fsp3) is 0.125. The molecule has 1 aromatic carbocycles. The van der Waals surface area contributed by atoms with Crippen LogP contribution in [0.3, 0.4) is 0 Å². The Balaban J connectivity index is 1.81. The van der Waals surface area contributed by atoms with E-state index in [1.807, 2.05) is 0 Å². The number of nitrogens with zero attached hydrogens (tertiary/aromatic N) is 3. The summed E-state index contributed by atoms with van der Waals surface area (Å²) in [6, 6.07) is 9.58. The maximum atomic E-state index is 11.9. The van der Waals surface area contributed by atoms with Crippen LogP contribution < -0.4 is 11.1 Å². The van der Waals surface area contributed by atoms with Crippen molar-refractivity contribution in [3.8, 4) is 11.4 Å². The number of amides is 1. The van der Waals surface area contributed by atoms with E-state index >= 15 is 0 Å². The molecular formula is C16H15N5O4S. The molecule has 0 aliphatic carbocycles. The summed E-state index contributed by atoms with van der Waals surface area (Å²) >= 11 is 0. The van der Waals surface area contributed by atoms with Crippen LogP contribution in [0.15, 0.2) is 47.1 Å². The topological polar surface area (TPSA) is 141 Å². The minimum absolute atomic E-state index is 0.0960. The third-order valence-electron chi connectivity index (χ3n) is 3.27. The lowest BCUT2D eigenvalue weighted by Gasteiger charge is -2.07. The first-order chi connectivity index (χ1) is 12.3. The summed E-state index contributed by atoms with van der Waals surface area (Å²) < 4.78 is 27.7. The number of hydrogen-bond donors (Lipinski definition) is 2. The summed E-state index contributed by atoms with van der Waals surface area (Å²) in [5.41, 5.74) is 7.23. The number of nitrogens with two attached hydrogens (primary N) is 1. The number of nitrogens with one attached hydrogen (secondary N) is 1. The van der Waals surface area contributed by atoms with Crippen molar-refractivity contribution in [2.24, 2.45) is 0 Å². The van der Waals surface area contributed by atoms with Crippen LogP contribution >= 0.6 is 0 Å². The molecular weight excluding hydrogens is 358 g/mol. The molecule has 10 heteroatoms. The van der Waals surface area contributed by atoms with Crippen LogP contribution in [0.5, 0.6) is 0 Å². The van der Waals surface area contributed by atoms with E-state index in [2.05, 4.69) is 20.4 Å². The Morgan fingerprint density at radius 1 is 1.19 bits per heavy atom. The van der Waals surface area contributed by atoms with Gasteiger partial charge < -0.3 is 15.6 Å². The predicted molar refractivity (Wildman–Crippen MR) is 94.9 cm³/mol. The first-order valence-electron chi connectivity index (χ1n) is 7.44. The van der Waals surface area contributed by atoms with Crippen molar-refractivity contribution in [1.29, 1.82) is 0 Å². The molecule has 0 saturated heterocycles. The Morgan fingerprint density at radius 2 is 1.92 bits per heavy atom. The van der Waals surface area contributed by atoms with Gasteiger partial charge in [-0.1, -0.05) is 5.16 Å². The van der Waals surface area contributed by atoms with Gasteiger partial charge in [0, 0.05) is 29.6 Å². The lowest BCUT2D eigenvalue weighted by Crippen LogP contribution is -2.10. The van der Waals surface area contributed by atoms with Gasteiger partial charge in [0.1, 0.15) is 5.82 Å². The van der Waals surface area contributed by atoms with Crippen LogP contribution in [-0.2, 0) is 15.6 Å². The molecule has 0 aliphatic rings. The summed E-state index contributed by atoms with van der Waals surface area (Å²) in [6.45, 7) is 0. The monoisotopic (exact) mass is 373 g/mol. The van der Waals surface area contributed by atoms with Crippen molar-refractivity contribution in [3.63, 3.8) is 0 Å². The summed E-state index contributed by atoms with van der Waals surface area (Å²) in [7, 11) is -3.24. The van der Waals surface area contributed by atoms with Crippen molar-refractivity contribution >= 4 is 27.2 Å². The molecule has 0 unspecified atom stereocenters. The first-order valence-corrected chi connectivity index (χ1v) is 9.50. The fourth-order valence-electron chi connectivity index (χ4n) is 2.22. The molecule has 134 valence electrons. The minimum Gasteiger partial charge on any atom is -0.384 e. The molecule has 0 atom stereocenters. The number of benzene rings is 1. The van der Waals surface area contributed by atoms with Gasteiger partial charge in [0.2, 0.25) is 5.76 Å². The highest BCUT2D eigenvalue weighted by molar-refractivity contribution is 7.89. The highest BCUT2D eigenvalue weighted by atomic mass is 32.2. The fourth-order valence-corrected chi connectivity index (χ4v) is 2.90. The van der Waals surface area contributed by atoms with Crippen molar-refractivity contribution < 1.29 is 17.7 Å². The summed E-state index contributed by atoms with van der Waals surface area (Å²) in [4.78, 5) is 20.3. The number of carbonyl (C=O) groups excluding carboxylic acids is 1. The van der Waals surface area contributed by atoms with Crippen molar-refractivity contribution in [2.45, 2.75) is 5.75 Å². The molecule has 0 saturated carbocycles. The second kappa shape index (κ2) is 6.92. The summed E-state index contributed by atoms with van der Waals surface area (Å²) in [6.07, 6.45) is 2.50. The maximum absolute atomic E-state index is 11.9. The molecule has 0 fully saturated rings. The third kappa shape index (κ3) is 4.42. The Morgan fingerprint density at radius 3 is 2.54 bits per heavy atom. The third-order valence-corrected chi connectivity index (χ3v) is 4.09. The number of sulfone groups is 1. The number of hydrogen-bond acceptors (Lipinski definition) is 8. The minimum atomic E-state index is -3.24. The van der Waals surface area contributed by atoms with Crippen LogP contribution in [0, 0.1) is 0 Å². The van der Waals surface area contributed by atoms with Gasteiger partial charge in [-0.05, 0) is 24.3 Å². The largest absolute Gasteiger partial charge is 0.384 e. The molecule has 3 aromatic rings. The first kappa shape index (κ1) is 17.5. The van der Waals surface area contributed by atoms with Gasteiger partial charge in [-0.25, -0.2) is 18.4 Å². The molecule has 3 N–H and O–H groups in total. The second-order valence-corrected chi connectivity index (χ2v) is 7.73. The van der Waals surface area contributed by atoms with Gasteiger partial charge in [0.25, 0.3) is 5.91 Å². The van der Waals surface area contributed by atoms with Gasteiger partial charge in [-0.3, -0.25) is 4.79 Å². The van der Waals surface area contributed by atoms with Gasteiger partial charge in [-0.2, -0.15) is 0 Å². The Kier molecular flexibility index (Phi) is 4.67. The van der Waals surface area contributed by atoms with E-state index in [9.17, 15) is 13.2 Å². The molecule has 2 heterocycles. The second-order valence-electron chi connectivity index (χ2n) is 5.59. The average Bonchev–Trinajstić information content (AvgIpc) is 3.08. The van der Waals surface area contributed by atoms with Crippen molar-refractivity contribution in [1.82, 2.24) is 15.1 Å². The molecule has 9 nitrogen and oxygen atoms in total. The van der Waals surface area contributed by atoms with E-state index < -0.39 is 15.7 Å². The van der Waals surface area contributed by atoms with Crippen LogP contribution in [0.4, 0.5) is 11.5 Å². The lowest BCUT2D eigenvalue weighted by atomic mass is 10.2. The van der Waals surface area contributed by atoms with E-state index in [1.165, 1.54) is 18.3 Å². The SMILES string of the molecule is CS(=O)(=O)Cc1cc(N)nc(-c2ccc(NC(=O)c3ccno3)cc2)n1. The number of rotatable bonds is 5. The average molecular weight is 373 g/mol. The highest BCUT2D eigenvalue weighted by Gasteiger charge is 2.12. The molecule has 3 rings (SSSR count). The molecule has 0 radical (unpaired) electrons. The predicted octanol–water partition coefficient (Wildman–Crippen LogP) is 1.51. The lowest BCUT2D eigenvalue weighted by molar-refractivity contribution is 0.0988. The molecule has 26 heavy (non-hydrogen) atoms. The Bertz CT molecular complexity index is 1030. The smallest absolute Gasteiger partial charge is 0.294 e. The van der Waals surface area contributed by atoms with E-state index in [0.717, 1.165) is 6.26 Å². The number of nitrogen functional groups attached to an aromatic ring is 1. The zero-order valence-corrected chi connectivity index (χ0v) is 14.5. The highest BCUT2D eigenvalue weighted by Crippen LogP contribution is 2.20. The van der Waals surface area contributed by atoms with Gasteiger partial charge >= 0.3 is 0 Å². The zero-order chi connectivity index (χ0) is 18.7. The molecule has 0 bridgehead atoms. The quantitative estimate of drug-likeness (QED) is 0.685. The van der Waals surface area contributed by atoms with Crippen LogP contribution in [0.25, 0.3) is 11.4 Å². The normalized spacial score (nSPS) is 11.3. The zero-order valence-electron chi connectivity index (χ0n) is 13.7. The Hall–Kier alpha value is -3.27. The summed E-state index contributed by atoms with van der Waals surface area (Å²) in [5, 5.41) is 6.13. The van der Waals surface area contributed by atoms with E-state index in [1.54, 1.807) is 24.3 Å². The van der Waals surface area contributed by atoms with E-state index in [-0.39, 0.29) is 17.3 Å².